The molecule has 452 valence electrons. The van der Waals surface area contributed by atoms with Crippen LogP contribution in [0.3, 0.4) is 0 Å². The lowest BCUT2D eigenvalue weighted by Gasteiger charge is -2.37. The smallest absolute Gasteiger partial charge is 0.240 e. The highest BCUT2D eigenvalue weighted by molar-refractivity contribution is 7.72. The molecule has 8 amide bonds. The maximum atomic E-state index is 13.4. The van der Waals surface area contributed by atoms with Gasteiger partial charge >= 0.3 is 0 Å². The number of nitrogens with zero attached hydrogens (tertiary/aromatic N) is 4. The van der Waals surface area contributed by atoms with Crippen LogP contribution in [0.1, 0.15) is 152 Å². The van der Waals surface area contributed by atoms with E-state index in [0.717, 1.165) is 15.9 Å². The molecule has 4 aromatic rings. The van der Waals surface area contributed by atoms with E-state index in [1.807, 2.05) is 187 Å². The number of hydrogen-bond acceptors (Lipinski definition) is 10. The van der Waals surface area contributed by atoms with Crippen LogP contribution in [0.4, 0.5) is 0 Å². The summed E-state index contributed by atoms with van der Waals surface area (Å²) in [5.41, 5.74) is -7.65. The number of imide groups is 4. The van der Waals surface area contributed by atoms with Crippen molar-refractivity contribution in [3.63, 3.8) is 0 Å². The van der Waals surface area contributed by atoms with Gasteiger partial charge in [-0.2, -0.15) is 0 Å². The van der Waals surface area contributed by atoms with Gasteiger partial charge in [0.2, 0.25) is 47.3 Å². The molecule has 1 unspecified atom stereocenters. The van der Waals surface area contributed by atoms with Gasteiger partial charge in [-0.15, -0.1) is 0 Å². The second-order valence-electron chi connectivity index (χ2n) is 27.5. The van der Waals surface area contributed by atoms with Crippen LogP contribution in [0, 0.1) is 54.1 Å². The molecule has 0 radical (unpaired) electrons. The average molecular weight is 1200 g/mol. The van der Waals surface area contributed by atoms with Crippen molar-refractivity contribution >= 4 is 104 Å². The van der Waals surface area contributed by atoms with Crippen LogP contribution in [0.15, 0.2) is 121 Å². The topological polar surface area (TPSA) is 184 Å². The quantitative estimate of drug-likeness (QED) is 0.103. The molecule has 0 bridgehead atoms. The summed E-state index contributed by atoms with van der Waals surface area (Å²) in [6.45, 7) is 41.2. The molecule has 0 spiro atoms. The third-order valence-corrected chi connectivity index (χ3v) is 27.0. The van der Waals surface area contributed by atoms with Crippen molar-refractivity contribution in [1.29, 1.82) is 0 Å². The number of benzene rings is 4. The molecule has 4 aromatic carbocycles. The summed E-state index contributed by atoms with van der Waals surface area (Å²) < 4.78 is 5.40. The maximum Gasteiger partial charge on any atom is 0.240 e. The van der Waals surface area contributed by atoms with Gasteiger partial charge in [0.1, 0.15) is 19.8 Å². The van der Waals surface area contributed by atoms with Gasteiger partial charge in [0.25, 0.3) is 0 Å². The fourth-order valence-corrected chi connectivity index (χ4v) is 16.6. The second kappa shape index (κ2) is 23.7. The lowest BCUT2D eigenvalue weighted by atomic mass is 9.64. The zero-order valence-electron chi connectivity index (χ0n) is 53.8. The molecule has 4 heterocycles. The number of ketones is 2. The molecule has 8 rings (SSSR count). The van der Waals surface area contributed by atoms with Gasteiger partial charge in [-0.3, -0.25) is 57.3 Å². The molecule has 17 heteroatoms. The van der Waals surface area contributed by atoms with E-state index in [4.69, 9.17) is 0 Å². The fourth-order valence-electron chi connectivity index (χ4n) is 9.46. The minimum absolute atomic E-state index is 0.0556. The van der Waals surface area contributed by atoms with E-state index >= 15 is 0 Å². The van der Waals surface area contributed by atoms with E-state index < -0.39 is 78.5 Å². The zero-order chi connectivity index (χ0) is 64.3. The van der Waals surface area contributed by atoms with Gasteiger partial charge < -0.3 is 0 Å². The fraction of sp³-hybridized carbons (Fsp3) is 0.493. The molecule has 4 aliphatic heterocycles. The van der Waals surface area contributed by atoms with E-state index in [1.165, 1.54) is 32.5 Å². The summed E-state index contributed by atoms with van der Waals surface area (Å²) in [5.74, 6) is -1.59. The Bertz CT molecular complexity index is 3020. The highest BCUT2D eigenvalue weighted by Crippen LogP contribution is 2.62. The van der Waals surface area contributed by atoms with Crippen LogP contribution >= 0.6 is 24.4 Å². The molecule has 4 aliphatic rings. The summed E-state index contributed by atoms with van der Waals surface area (Å²) in [4.78, 5) is 128. The summed E-state index contributed by atoms with van der Waals surface area (Å²) >= 11 is 0. The van der Waals surface area contributed by atoms with Crippen molar-refractivity contribution < 1.29 is 47.9 Å². The van der Waals surface area contributed by atoms with E-state index in [0.29, 0.717) is 5.30 Å². The second-order valence-corrected chi connectivity index (χ2v) is 33.4. The molecule has 0 aromatic heterocycles. The normalized spacial score (nSPS) is 21.0. The molecule has 14 nitrogen and oxygen atoms in total. The molecule has 0 saturated carbocycles. The van der Waals surface area contributed by atoms with E-state index in [9.17, 15) is 47.9 Å². The predicted molar refractivity (Wildman–Crippen MR) is 338 cm³/mol. The number of Topliss-reactive ketones (excluding diaryl/α,β-unsaturated/α-hetero) is 2. The van der Waals surface area contributed by atoms with Crippen LogP contribution in [0.25, 0.3) is 0 Å². The number of carbonyl (C=O) groups is 10. The zero-order valence-corrected chi connectivity index (χ0v) is 56.4. The van der Waals surface area contributed by atoms with Crippen molar-refractivity contribution in [2.75, 3.05) is 6.66 Å². The number of carbonyl (C=O) groups excluding carboxylic acids is 10. The summed E-state index contributed by atoms with van der Waals surface area (Å²) in [5, 5.41) is 3.68. The Morgan fingerprint density at radius 2 is 0.500 bits per heavy atom. The summed E-state index contributed by atoms with van der Waals surface area (Å²) in [6, 6.07) is 38.4. The van der Waals surface area contributed by atoms with Gasteiger partial charge in [0.15, 0.2) is 0 Å². The molecule has 1 atom stereocenters. The van der Waals surface area contributed by atoms with E-state index in [2.05, 4.69) is 0 Å². The van der Waals surface area contributed by atoms with Crippen LogP contribution < -0.4 is 21.2 Å². The highest BCUT2D eigenvalue weighted by atomic mass is 31.1. The van der Waals surface area contributed by atoms with Gasteiger partial charge in [-0.25, -0.2) is 9.34 Å². The van der Waals surface area contributed by atoms with Crippen molar-refractivity contribution in [2.24, 2.45) is 54.1 Å². The van der Waals surface area contributed by atoms with Gasteiger partial charge in [-0.05, 0) is 137 Å². The minimum atomic E-state index is -1.98. The Labute approximate surface area is 503 Å². The largest absolute Gasteiger partial charge is 0.299 e. The van der Waals surface area contributed by atoms with Crippen LogP contribution in [0.5, 0.6) is 0 Å². The molecule has 4 saturated heterocycles. The summed E-state index contributed by atoms with van der Waals surface area (Å²) in [6.07, 6.45) is 0. The standard InChI is InChI=1S/C22H29N2O4P.C20H22NO2P.C15H20NO2P.C10H18O2/c1-19(2)15(25)23(16(26)20(19,3)4)29(14-12-10-9-11-13-14)24-17(27)21(5,6)22(7,8)18(24)28;1-19(2)17(22)21(18(23)20(19,3)4)24(15-11-7-5-8-12-15)16-13-9-6-10-14-16;1-14(2)12(17)16(13(18)15(14,3)4)19(5)11-9-7-6-8-10-11;1-7(11)9(3,4)10(5,6)8(2)12/h9-13H,1-8H3;5-14H,1-4H3;6-10H,1-5H3;1-6H3. The molecule has 0 aliphatic carbocycles. The van der Waals surface area contributed by atoms with Gasteiger partial charge in [0.05, 0.1) is 51.4 Å². The number of rotatable bonds is 11. The molecular weight excluding hydrogens is 1110 g/mol. The number of hydrogen-bond donors (Lipinski definition) is 0. The Kier molecular flexibility index (Phi) is 19.5. The monoisotopic (exact) mass is 1200 g/mol. The molecular formula is C67H89N4O10P3. The third kappa shape index (κ3) is 11.3. The average Bonchev–Trinajstić information content (AvgIpc) is 3.90. The maximum absolute atomic E-state index is 13.4. The van der Waals surface area contributed by atoms with Gasteiger partial charge in [0, 0.05) is 34.8 Å². The van der Waals surface area contributed by atoms with Crippen molar-refractivity contribution in [2.45, 2.75) is 152 Å². The Balaban J connectivity index is 0.000000214. The van der Waals surface area contributed by atoms with Crippen molar-refractivity contribution in [1.82, 2.24) is 18.7 Å². The van der Waals surface area contributed by atoms with E-state index in [-0.39, 0.29) is 58.8 Å². The molecule has 4 fully saturated rings. The molecule has 0 N–H and O–H groups in total. The first-order chi connectivity index (χ1) is 38.2. The number of amides is 8. The molecule has 84 heavy (non-hydrogen) atoms. The SMILES string of the molecule is CC(=O)C(C)(C)C(C)(C)C(C)=O.CC1(C)C(=O)N(P(c2ccccc2)N2C(=O)C(C)(C)C(C)(C)C2=O)C(=O)C1(C)C.CC1(C)C(=O)N(P(c2ccccc2)c2ccccc2)C(=O)C1(C)C.CP(c1ccccc1)N1C(=O)C(C)(C)C(C)(C)C1=O. The highest BCUT2D eigenvalue weighted by Gasteiger charge is 2.67. The lowest BCUT2D eigenvalue weighted by Crippen LogP contribution is -2.43. The van der Waals surface area contributed by atoms with Crippen molar-refractivity contribution in [3.8, 4) is 0 Å². The first kappa shape index (κ1) is 68.8. The first-order valence-corrected chi connectivity index (χ1v) is 32.6. The first-order valence-electron chi connectivity index (χ1n) is 28.4. The van der Waals surface area contributed by atoms with Crippen molar-refractivity contribution in [3.05, 3.63) is 121 Å². The summed E-state index contributed by atoms with van der Waals surface area (Å²) in [7, 11) is -4.13. The van der Waals surface area contributed by atoms with Gasteiger partial charge in [-0.1, -0.05) is 149 Å². The Hall–Kier alpha value is -5.93. The van der Waals surface area contributed by atoms with Crippen LogP contribution in [0.2, 0.25) is 0 Å². The lowest BCUT2D eigenvalue weighted by molar-refractivity contribution is -0.141. The Morgan fingerprint density at radius 3 is 0.726 bits per heavy atom. The van der Waals surface area contributed by atoms with Crippen LogP contribution in [-0.4, -0.2) is 84.2 Å². The Morgan fingerprint density at radius 1 is 0.310 bits per heavy atom. The predicted octanol–water partition coefficient (Wildman–Crippen LogP) is 11.9. The third-order valence-electron chi connectivity index (χ3n) is 20.4. The minimum Gasteiger partial charge on any atom is -0.299 e. The van der Waals surface area contributed by atoms with E-state index in [1.54, 1.807) is 79.7 Å². The van der Waals surface area contributed by atoms with Crippen LogP contribution in [-0.2, 0) is 47.9 Å².